The topological polar surface area (TPSA) is 94.3 Å². The second kappa shape index (κ2) is 6.95. The minimum Gasteiger partial charge on any atom is -0.497 e. The molecular weight excluding hydrogens is 362 g/mol. The third-order valence-electron chi connectivity index (χ3n) is 3.56. The number of methoxy groups -OCH3 is 1. The van der Waals surface area contributed by atoms with Crippen molar-refractivity contribution in [1.29, 1.82) is 0 Å². The number of ether oxygens (including phenoxy) is 1. The summed E-state index contributed by atoms with van der Waals surface area (Å²) >= 11 is 1.48. The Morgan fingerprint density at radius 1 is 1.28 bits per heavy atom. The molecule has 0 aliphatic carbocycles. The van der Waals surface area contributed by atoms with Crippen LogP contribution >= 0.6 is 11.3 Å². The third-order valence-corrected chi connectivity index (χ3v) is 6.13. The second-order valence-corrected chi connectivity index (χ2v) is 8.06. The smallest absolute Gasteiger partial charge is 0.242 e. The molecule has 3 rings (SSSR count). The molecule has 0 bridgehead atoms. The number of sulfonamides is 1. The van der Waals surface area contributed by atoms with Crippen LogP contribution in [-0.4, -0.2) is 25.7 Å². The van der Waals surface area contributed by atoms with Crippen LogP contribution in [0.15, 0.2) is 39.1 Å². The van der Waals surface area contributed by atoms with Crippen molar-refractivity contribution in [1.82, 2.24) is 14.9 Å². The van der Waals surface area contributed by atoms with E-state index in [4.69, 9.17) is 9.26 Å². The van der Waals surface area contributed by atoms with Crippen molar-refractivity contribution < 1.29 is 17.7 Å². The standard InChI is InChI=1S/C16H17N3O4S2/c1-10-7-12(22-3)8-11(2)15(10)25(20,21)17-9-14-18-16(19-23-14)13-5-4-6-24-13/h4-8,17H,9H2,1-3H3. The van der Waals surface area contributed by atoms with Gasteiger partial charge in [-0.25, -0.2) is 13.1 Å². The van der Waals surface area contributed by atoms with Gasteiger partial charge in [-0.1, -0.05) is 11.2 Å². The fraction of sp³-hybridized carbons (Fsp3) is 0.250. The summed E-state index contributed by atoms with van der Waals surface area (Å²) in [7, 11) is -2.18. The van der Waals surface area contributed by atoms with Crippen LogP contribution in [0.3, 0.4) is 0 Å². The molecule has 0 spiro atoms. The Hall–Kier alpha value is -2.23. The first kappa shape index (κ1) is 17.6. The molecule has 7 nitrogen and oxygen atoms in total. The zero-order chi connectivity index (χ0) is 18.0. The summed E-state index contributed by atoms with van der Waals surface area (Å²) in [5.74, 6) is 1.27. The zero-order valence-electron chi connectivity index (χ0n) is 13.9. The molecular formula is C16H17N3O4S2. The molecule has 1 N–H and O–H groups in total. The van der Waals surface area contributed by atoms with Crippen molar-refractivity contribution in [3.05, 3.63) is 46.7 Å². The van der Waals surface area contributed by atoms with Crippen LogP contribution in [0, 0.1) is 13.8 Å². The normalized spacial score (nSPS) is 11.6. The van der Waals surface area contributed by atoms with Crippen LogP contribution in [0.2, 0.25) is 0 Å². The fourth-order valence-electron chi connectivity index (χ4n) is 2.51. The first-order valence-electron chi connectivity index (χ1n) is 7.42. The van der Waals surface area contributed by atoms with Gasteiger partial charge in [-0.05, 0) is 48.6 Å². The van der Waals surface area contributed by atoms with E-state index in [2.05, 4.69) is 14.9 Å². The Labute approximate surface area is 149 Å². The summed E-state index contributed by atoms with van der Waals surface area (Å²) in [5, 5.41) is 5.77. The molecule has 9 heteroatoms. The molecule has 0 fully saturated rings. The summed E-state index contributed by atoms with van der Waals surface area (Å²) in [6, 6.07) is 7.12. The Balaban J connectivity index is 1.79. The Kier molecular flexibility index (Phi) is 4.89. The van der Waals surface area contributed by atoms with Crippen molar-refractivity contribution in [3.8, 4) is 16.5 Å². The minimum absolute atomic E-state index is 0.0778. The quantitative estimate of drug-likeness (QED) is 0.708. The predicted molar refractivity (Wildman–Crippen MR) is 94.1 cm³/mol. The molecule has 1 aromatic carbocycles. The molecule has 132 valence electrons. The molecule has 0 aliphatic heterocycles. The number of nitrogens with one attached hydrogen (secondary N) is 1. The Morgan fingerprint density at radius 3 is 2.60 bits per heavy atom. The highest BCUT2D eigenvalue weighted by atomic mass is 32.2. The van der Waals surface area contributed by atoms with Crippen LogP contribution < -0.4 is 9.46 Å². The van der Waals surface area contributed by atoms with Crippen LogP contribution in [0.4, 0.5) is 0 Å². The van der Waals surface area contributed by atoms with Gasteiger partial charge in [0.1, 0.15) is 5.75 Å². The second-order valence-electron chi connectivity index (χ2n) is 5.40. The monoisotopic (exact) mass is 379 g/mol. The third kappa shape index (κ3) is 3.73. The molecule has 0 saturated carbocycles. The Bertz CT molecular complexity index is 956. The van der Waals surface area contributed by atoms with E-state index in [0.717, 1.165) is 4.88 Å². The van der Waals surface area contributed by atoms with E-state index in [9.17, 15) is 8.42 Å². The lowest BCUT2D eigenvalue weighted by Gasteiger charge is -2.12. The maximum Gasteiger partial charge on any atom is 0.242 e. The molecule has 3 aromatic rings. The average Bonchev–Trinajstić information content (AvgIpc) is 3.23. The van der Waals surface area contributed by atoms with Crippen molar-refractivity contribution >= 4 is 21.4 Å². The van der Waals surface area contributed by atoms with Gasteiger partial charge in [0.2, 0.25) is 21.7 Å². The van der Waals surface area contributed by atoms with E-state index in [1.165, 1.54) is 11.3 Å². The van der Waals surface area contributed by atoms with Crippen molar-refractivity contribution in [2.75, 3.05) is 7.11 Å². The van der Waals surface area contributed by atoms with Gasteiger partial charge in [0.05, 0.1) is 23.4 Å². The highest BCUT2D eigenvalue weighted by Gasteiger charge is 2.21. The molecule has 0 saturated heterocycles. The summed E-state index contributed by atoms with van der Waals surface area (Å²) in [5.41, 5.74) is 1.21. The van der Waals surface area contributed by atoms with Gasteiger partial charge >= 0.3 is 0 Å². The van der Waals surface area contributed by atoms with E-state index in [-0.39, 0.29) is 17.3 Å². The lowest BCUT2D eigenvalue weighted by molar-refractivity contribution is 0.376. The minimum atomic E-state index is -3.72. The van der Waals surface area contributed by atoms with E-state index in [1.54, 1.807) is 33.1 Å². The number of hydrogen-bond acceptors (Lipinski definition) is 7. The summed E-state index contributed by atoms with van der Waals surface area (Å²) in [6.07, 6.45) is 0. The first-order chi connectivity index (χ1) is 11.9. The van der Waals surface area contributed by atoms with E-state index in [0.29, 0.717) is 22.7 Å². The summed E-state index contributed by atoms with van der Waals surface area (Å²) in [4.78, 5) is 5.30. The number of rotatable bonds is 6. The maximum atomic E-state index is 12.6. The number of aromatic nitrogens is 2. The van der Waals surface area contributed by atoms with Crippen molar-refractivity contribution in [2.24, 2.45) is 0 Å². The highest BCUT2D eigenvalue weighted by molar-refractivity contribution is 7.89. The molecule has 2 heterocycles. The maximum absolute atomic E-state index is 12.6. The first-order valence-corrected chi connectivity index (χ1v) is 9.78. The zero-order valence-corrected chi connectivity index (χ0v) is 15.6. The van der Waals surface area contributed by atoms with Crippen LogP contribution in [0.5, 0.6) is 5.75 Å². The molecule has 2 aromatic heterocycles. The number of thiophene rings is 1. The van der Waals surface area contributed by atoms with Gasteiger partial charge in [-0.15, -0.1) is 11.3 Å². The largest absolute Gasteiger partial charge is 0.497 e. The molecule has 0 radical (unpaired) electrons. The molecule has 0 unspecified atom stereocenters. The van der Waals surface area contributed by atoms with Crippen LogP contribution in [-0.2, 0) is 16.6 Å². The SMILES string of the molecule is COc1cc(C)c(S(=O)(=O)NCc2nc(-c3cccs3)no2)c(C)c1. The molecule has 0 aliphatic rings. The lowest BCUT2D eigenvalue weighted by Crippen LogP contribution is -2.25. The van der Waals surface area contributed by atoms with E-state index >= 15 is 0 Å². The van der Waals surface area contributed by atoms with Gasteiger partial charge in [-0.3, -0.25) is 0 Å². The van der Waals surface area contributed by atoms with Crippen LogP contribution in [0.25, 0.3) is 10.7 Å². The van der Waals surface area contributed by atoms with E-state index in [1.807, 2.05) is 17.5 Å². The number of aryl methyl sites for hydroxylation is 2. The van der Waals surface area contributed by atoms with Gasteiger partial charge < -0.3 is 9.26 Å². The average molecular weight is 379 g/mol. The molecule has 25 heavy (non-hydrogen) atoms. The summed E-state index contributed by atoms with van der Waals surface area (Å²) < 4.78 is 38.1. The van der Waals surface area contributed by atoms with Gasteiger partial charge in [0.15, 0.2) is 0 Å². The number of benzene rings is 1. The van der Waals surface area contributed by atoms with Gasteiger partial charge in [-0.2, -0.15) is 4.98 Å². The van der Waals surface area contributed by atoms with Crippen LogP contribution in [0.1, 0.15) is 17.0 Å². The highest BCUT2D eigenvalue weighted by Crippen LogP contribution is 2.26. The van der Waals surface area contributed by atoms with E-state index < -0.39 is 10.0 Å². The molecule has 0 amide bonds. The molecule has 0 atom stereocenters. The van der Waals surface area contributed by atoms with Crippen molar-refractivity contribution in [2.45, 2.75) is 25.3 Å². The van der Waals surface area contributed by atoms with Gasteiger partial charge in [0, 0.05) is 0 Å². The lowest BCUT2D eigenvalue weighted by atomic mass is 10.1. The van der Waals surface area contributed by atoms with Crippen molar-refractivity contribution in [3.63, 3.8) is 0 Å². The summed E-state index contributed by atoms with van der Waals surface area (Å²) in [6.45, 7) is 3.38. The Morgan fingerprint density at radius 2 is 2.00 bits per heavy atom. The number of hydrogen-bond donors (Lipinski definition) is 1. The fourth-order valence-corrected chi connectivity index (χ4v) is 4.59. The van der Waals surface area contributed by atoms with Gasteiger partial charge in [0.25, 0.3) is 0 Å². The number of nitrogens with zero attached hydrogens (tertiary/aromatic N) is 2. The predicted octanol–water partition coefficient (Wildman–Crippen LogP) is 2.90.